The van der Waals surface area contributed by atoms with Gasteiger partial charge in [-0.2, -0.15) is 0 Å². The maximum absolute atomic E-state index is 12.4. The zero-order valence-corrected chi connectivity index (χ0v) is 17.3. The summed E-state index contributed by atoms with van der Waals surface area (Å²) in [6, 6.07) is 7.10. The van der Waals surface area contributed by atoms with Gasteiger partial charge in [-0.25, -0.2) is 4.79 Å². The zero-order chi connectivity index (χ0) is 20.9. The molecule has 0 saturated carbocycles. The maximum atomic E-state index is 12.4. The Morgan fingerprint density at radius 3 is 2.00 bits per heavy atom. The lowest BCUT2D eigenvalue weighted by molar-refractivity contribution is -0.127. The van der Waals surface area contributed by atoms with Gasteiger partial charge in [0.15, 0.2) is 0 Å². The molecule has 0 radical (unpaired) electrons. The number of benzene rings is 1. The highest BCUT2D eigenvalue weighted by Gasteiger charge is 2.26. The Morgan fingerprint density at radius 2 is 1.50 bits per heavy atom. The summed E-state index contributed by atoms with van der Waals surface area (Å²) < 4.78 is 5.36. The SMILES string of the molecule is CN(C)C(=O)c1ccc(/C=C/C(=O)N2CCN(C(=O)OC(C)(C)C)CC2)cc1. The van der Waals surface area contributed by atoms with Gasteiger partial charge in [-0.1, -0.05) is 12.1 Å². The van der Waals surface area contributed by atoms with E-state index in [2.05, 4.69) is 0 Å². The molecule has 1 heterocycles. The van der Waals surface area contributed by atoms with Crippen molar-refractivity contribution in [3.8, 4) is 0 Å². The van der Waals surface area contributed by atoms with Crippen molar-refractivity contribution in [3.63, 3.8) is 0 Å². The van der Waals surface area contributed by atoms with Crippen LogP contribution in [0.1, 0.15) is 36.7 Å². The predicted octanol–water partition coefficient (Wildman–Crippen LogP) is 2.48. The molecule has 1 aromatic rings. The zero-order valence-electron chi connectivity index (χ0n) is 17.3. The van der Waals surface area contributed by atoms with Crippen LogP contribution in [-0.2, 0) is 9.53 Å². The smallest absolute Gasteiger partial charge is 0.410 e. The van der Waals surface area contributed by atoms with Gasteiger partial charge in [-0.3, -0.25) is 9.59 Å². The van der Waals surface area contributed by atoms with Crippen molar-refractivity contribution in [1.29, 1.82) is 0 Å². The lowest BCUT2D eigenvalue weighted by Gasteiger charge is -2.35. The minimum absolute atomic E-state index is 0.0607. The molecule has 0 bridgehead atoms. The molecule has 0 unspecified atom stereocenters. The van der Waals surface area contributed by atoms with Crippen molar-refractivity contribution in [3.05, 3.63) is 41.5 Å². The molecule has 2 rings (SSSR count). The molecule has 3 amide bonds. The van der Waals surface area contributed by atoms with E-state index in [1.807, 2.05) is 20.8 Å². The summed E-state index contributed by atoms with van der Waals surface area (Å²) in [6.07, 6.45) is 2.90. The third kappa shape index (κ3) is 6.11. The van der Waals surface area contributed by atoms with Gasteiger partial charge in [0.2, 0.25) is 5.91 Å². The Balaban J connectivity index is 1.87. The number of hydrogen-bond acceptors (Lipinski definition) is 4. The lowest BCUT2D eigenvalue weighted by atomic mass is 10.1. The highest BCUT2D eigenvalue weighted by Crippen LogP contribution is 2.13. The number of nitrogens with zero attached hydrogens (tertiary/aromatic N) is 3. The van der Waals surface area contributed by atoms with Crippen molar-refractivity contribution < 1.29 is 19.1 Å². The minimum atomic E-state index is -0.528. The summed E-state index contributed by atoms with van der Waals surface area (Å²) >= 11 is 0. The number of rotatable bonds is 3. The largest absolute Gasteiger partial charge is 0.444 e. The van der Waals surface area contributed by atoms with E-state index in [4.69, 9.17) is 4.74 Å². The summed E-state index contributed by atoms with van der Waals surface area (Å²) in [5.41, 5.74) is 0.919. The van der Waals surface area contributed by atoms with Gasteiger partial charge in [-0.05, 0) is 44.5 Å². The summed E-state index contributed by atoms with van der Waals surface area (Å²) in [7, 11) is 3.41. The van der Waals surface area contributed by atoms with Crippen LogP contribution in [0.4, 0.5) is 4.79 Å². The van der Waals surface area contributed by atoms with Crippen LogP contribution in [0.15, 0.2) is 30.3 Å². The fraction of sp³-hybridized carbons (Fsp3) is 0.476. The Bertz CT molecular complexity index is 740. The van der Waals surface area contributed by atoms with Crippen molar-refractivity contribution >= 4 is 24.0 Å². The Morgan fingerprint density at radius 1 is 0.964 bits per heavy atom. The number of amides is 3. The molecule has 1 fully saturated rings. The Labute approximate surface area is 166 Å². The van der Waals surface area contributed by atoms with Crippen LogP contribution in [0.3, 0.4) is 0 Å². The van der Waals surface area contributed by atoms with E-state index >= 15 is 0 Å². The van der Waals surface area contributed by atoms with Crippen LogP contribution >= 0.6 is 0 Å². The van der Waals surface area contributed by atoms with Gasteiger partial charge < -0.3 is 19.4 Å². The molecule has 1 aromatic carbocycles. The van der Waals surface area contributed by atoms with E-state index in [1.54, 1.807) is 54.2 Å². The van der Waals surface area contributed by atoms with E-state index in [0.717, 1.165) is 5.56 Å². The average molecular weight is 387 g/mol. The van der Waals surface area contributed by atoms with Gasteiger partial charge in [0.05, 0.1) is 0 Å². The van der Waals surface area contributed by atoms with Gasteiger partial charge in [0.1, 0.15) is 5.60 Å². The molecule has 0 atom stereocenters. The summed E-state index contributed by atoms with van der Waals surface area (Å²) in [5.74, 6) is -0.160. The molecule has 1 aliphatic rings. The van der Waals surface area contributed by atoms with Crippen LogP contribution in [0.2, 0.25) is 0 Å². The first-order valence-electron chi connectivity index (χ1n) is 9.33. The van der Waals surface area contributed by atoms with Crippen molar-refractivity contribution in [1.82, 2.24) is 14.7 Å². The number of carbonyl (C=O) groups excluding carboxylic acids is 3. The molecule has 7 heteroatoms. The van der Waals surface area contributed by atoms with Gasteiger partial charge in [-0.15, -0.1) is 0 Å². The summed E-state index contributed by atoms with van der Waals surface area (Å²) in [4.78, 5) is 41.2. The first-order valence-corrected chi connectivity index (χ1v) is 9.33. The van der Waals surface area contributed by atoms with Crippen LogP contribution < -0.4 is 0 Å². The third-order valence-corrected chi connectivity index (χ3v) is 4.23. The van der Waals surface area contributed by atoms with E-state index in [-0.39, 0.29) is 17.9 Å². The third-order valence-electron chi connectivity index (χ3n) is 4.23. The second-order valence-electron chi connectivity index (χ2n) is 7.95. The van der Waals surface area contributed by atoms with E-state index in [0.29, 0.717) is 31.7 Å². The number of hydrogen-bond donors (Lipinski definition) is 0. The van der Waals surface area contributed by atoms with E-state index in [1.165, 1.54) is 11.0 Å². The van der Waals surface area contributed by atoms with E-state index < -0.39 is 5.60 Å². The molecule has 0 aliphatic carbocycles. The minimum Gasteiger partial charge on any atom is -0.444 e. The maximum Gasteiger partial charge on any atom is 0.410 e. The first-order chi connectivity index (χ1) is 13.1. The molecule has 28 heavy (non-hydrogen) atoms. The first kappa shape index (κ1) is 21.5. The van der Waals surface area contributed by atoms with Crippen LogP contribution in [0.25, 0.3) is 6.08 Å². The van der Waals surface area contributed by atoms with Crippen LogP contribution in [-0.4, -0.2) is 78.5 Å². The fourth-order valence-corrected chi connectivity index (χ4v) is 2.70. The fourth-order valence-electron chi connectivity index (χ4n) is 2.70. The van der Waals surface area contributed by atoms with Crippen molar-refractivity contribution in [2.24, 2.45) is 0 Å². The molecule has 1 saturated heterocycles. The predicted molar refractivity (Wildman–Crippen MR) is 108 cm³/mol. The van der Waals surface area contributed by atoms with Gasteiger partial charge in [0.25, 0.3) is 5.91 Å². The Hall–Kier alpha value is -2.83. The number of piperazine rings is 1. The molecular weight excluding hydrogens is 358 g/mol. The Kier molecular flexibility index (Phi) is 6.83. The van der Waals surface area contributed by atoms with Crippen molar-refractivity contribution in [2.75, 3.05) is 40.3 Å². The highest BCUT2D eigenvalue weighted by molar-refractivity contribution is 5.94. The topological polar surface area (TPSA) is 70.2 Å². The standard InChI is InChI=1S/C21H29N3O4/c1-21(2,3)28-20(27)24-14-12-23(13-15-24)18(25)11-8-16-6-9-17(10-7-16)19(26)22(4)5/h6-11H,12-15H2,1-5H3/b11-8+. The molecule has 0 N–H and O–H groups in total. The number of ether oxygens (including phenoxy) is 1. The lowest BCUT2D eigenvalue weighted by Crippen LogP contribution is -2.51. The second-order valence-corrected chi connectivity index (χ2v) is 7.95. The summed E-state index contributed by atoms with van der Waals surface area (Å²) in [6.45, 7) is 7.35. The number of carbonyl (C=O) groups is 3. The van der Waals surface area contributed by atoms with Crippen LogP contribution in [0, 0.1) is 0 Å². The molecule has 0 aromatic heterocycles. The quantitative estimate of drug-likeness (QED) is 0.747. The molecule has 1 aliphatic heterocycles. The molecular formula is C21H29N3O4. The van der Waals surface area contributed by atoms with Gasteiger partial charge in [0, 0.05) is 51.9 Å². The monoisotopic (exact) mass is 387 g/mol. The molecule has 0 spiro atoms. The molecule has 152 valence electrons. The molecule has 7 nitrogen and oxygen atoms in total. The van der Waals surface area contributed by atoms with Crippen molar-refractivity contribution in [2.45, 2.75) is 26.4 Å². The normalized spacial score (nSPS) is 14.9. The van der Waals surface area contributed by atoms with E-state index in [9.17, 15) is 14.4 Å². The second kappa shape index (κ2) is 8.91. The highest BCUT2D eigenvalue weighted by atomic mass is 16.6. The van der Waals surface area contributed by atoms with Gasteiger partial charge >= 0.3 is 6.09 Å². The summed E-state index contributed by atoms with van der Waals surface area (Å²) in [5, 5.41) is 0. The average Bonchev–Trinajstić information content (AvgIpc) is 2.64. The van der Waals surface area contributed by atoms with Crippen LogP contribution in [0.5, 0.6) is 0 Å².